The fraction of sp³-hybridized carbons (Fsp3) is 0.556. The third-order valence-electron chi connectivity index (χ3n) is 1.40. The Morgan fingerprint density at radius 2 is 2.00 bits per heavy atom. The van der Waals surface area contributed by atoms with Crippen molar-refractivity contribution in [2.45, 2.75) is 34.1 Å². The molecule has 1 aromatic rings. The molecular weight excluding hydrogens is 136 g/mol. The maximum absolute atomic E-state index is 3.90. The van der Waals surface area contributed by atoms with Gasteiger partial charge in [0.05, 0.1) is 5.69 Å². The van der Waals surface area contributed by atoms with Gasteiger partial charge in [0.25, 0.3) is 0 Å². The van der Waals surface area contributed by atoms with Crippen molar-refractivity contribution in [2.24, 2.45) is 0 Å². The van der Waals surface area contributed by atoms with Crippen LogP contribution < -0.4 is 0 Å². The standard InChI is InChI=1S/C7H10N2.C2H6/c1-3-7-4-5-8-9-6(7)2;1-2/h4-5H,3H2,1-2H3;1-2H3. The Kier molecular flexibility index (Phi) is 5.35. The number of hydrogen-bond donors (Lipinski definition) is 0. The monoisotopic (exact) mass is 152 g/mol. The van der Waals surface area contributed by atoms with Gasteiger partial charge in [-0.25, -0.2) is 0 Å². The Morgan fingerprint density at radius 3 is 2.36 bits per heavy atom. The van der Waals surface area contributed by atoms with Gasteiger partial charge >= 0.3 is 0 Å². The van der Waals surface area contributed by atoms with Crippen LogP contribution in [0.3, 0.4) is 0 Å². The molecule has 1 heterocycles. The van der Waals surface area contributed by atoms with Gasteiger partial charge in [-0.05, 0) is 25.0 Å². The van der Waals surface area contributed by atoms with E-state index in [1.54, 1.807) is 6.20 Å². The molecule has 0 N–H and O–H groups in total. The maximum Gasteiger partial charge on any atom is 0.0631 e. The summed E-state index contributed by atoms with van der Waals surface area (Å²) in [4.78, 5) is 0. The van der Waals surface area contributed by atoms with E-state index in [1.807, 2.05) is 26.8 Å². The summed E-state index contributed by atoms with van der Waals surface area (Å²) < 4.78 is 0. The number of rotatable bonds is 1. The van der Waals surface area contributed by atoms with Crippen molar-refractivity contribution >= 4 is 0 Å². The first-order valence-corrected chi connectivity index (χ1v) is 4.11. The minimum Gasteiger partial charge on any atom is -0.159 e. The second-order valence-electron chi connectivity index (χ2n) is 2.00. The lowest BCUT2D eigenvalue weighted by Crippen LogP contribution is -1.91. The predicted molar refractivity (Wildman–Crippen MR) is 47.5 cm³/mol. The van der Waals surface area contributed by atoms with Crippen LogP contribution in [0.5, 0.6) is 0 Å². The van der Waals surface area contributed by atoms with Crippen LogP contribution in [-0.2, 0) is 6.42 Å². The Labute approximate surface area is 68.7 Å². The number of hydrogen-bond acceptors (Lipinski definition) is 2. The van der Waals surface area contributed by atoms with Crippen molar-refractivity contribution in [3.63, 3.8) is 0 Å². The molecule has 0 saturated heterocycles. The molecule has 11 heavy (non-hydrogen) atoms. The highest BCUT2D eigenvalue weighted by atomic mass is 15.1. The van der Waals surface area contributed by atoms with Crippen LogP contribution in [0.4, 0.5) is 0 Å². The lowest BCUT2D eigenvalue weighted by Gasteiger charge is -1.96. The summed E-state index contributed by atoms with van der Waals surface area (Å²) in [7, 11) is 0. The normalized spacial score (nSPS) is 8.36. The topological polar surface area (TPSA) is 25.8 Å². The van der Waals surface area contributed by atoms with Crippen molar-refractivity contribution in [3.8, 4) is 0 Å². The zero-order valence-corrected chi connectivity index (χ0v) is 7.76. The van der Waals surface area contributed by atoms with E-state index in [0.717, 1.165) is 12.1 Å². The van der Waals surface area contributed by atoms with Gasteiger partial charge in [-0.1, -0.05) is 20.8 Å². The van der Waals surface area contributed by atoms with Gasteiger partial charge < -0.3 is 0 Å². The minimum absolute atomic E-state index is 1.04. The molecule has 2 nitrogen and oxygen atoms in total. The van der Waals surface area contributed by atoms with Crippen LogP contribution in [0.15, 0.2) is 12.3 Å². The molecule has 0 bridgehead atoms. The minimum atomic E-state index is 1.04. The highest BCUT2D eigenvalue weighted by molar-refractivity contribution is 5.14. The van der Waals surface area contributed by atoms with E-state index < -0.39 is 0 Å². The first-order valence-electron chi connectivity index (χ1n) is 4.11. The van der Waals surface area contributed by atoms with Crippen molar-refractivity contribution in [1.82, 2.24) is 10.2 Å². The van der Waals surface area contributed by atoms with Crippen LogP contribution in [0, 0.1) is 6.92 Å². The van der Waals surface area contributed by atoms with E-state index in [-0.39, 0.29) is 0 Å². The van der Waals surface area contributed by atoms with Crippen molar-refractivity contribution in [2.75, 3.05) is 0 Å². The van der Waals surface area contributed by atoms with Gasteiger partial charge in [0.15, 0.2) is 0 Å². The van der Waals surface area contributed by atoms with Crippen LogP contribution in [0.2, 0.25) is 0 Å². The molecule has 0 aromatic carbocycles. The second-order valence-corrected chi connectivity index (χ2v) is 2.00. The highest BCUT2D eigenvalue weighted by Gasteiger charge is 1.92. The molecule has 2 heteroatoms. The highest BCUT2D eigenvalue weighted by Crippen LogP contribution is 2.00. The summed E-state index contributed by atoms with van der Waals surface area (Å²) >= 11 is 0. The maximum atomic E-state index is 3.90. The molecule has 0 aliphatic carbocycles. The molecule has 0 atom stereocenters. The SMILES string of the molecule is CC.CCc1ccnnc1C. The predicted octanol–water partition coefficient (Wildman–Crippen LogP) is 2.37. The smallest absolute Gasteiger partial charge is 0.0631 e. The van der Waals surface area contributed by atoms with Crippen LogP contribution in [0.25, 0.3) is 0 Å². The van der Waals surface area contributed by atoms with Crippen LogP contribution in [0.1, 0.15) is 32.0 Å². The Balaban J connectivity index is 0.000000461. The van der Waals surface area contributed by atoms with E-state index in [0.29, 0.717) is 0 Å². The first kappa shape index (κ1) is 10.1. The van der Waals surface area contributed by atoms with E-state index >= 15 is 0 Å². The van der Waals surface area contributed by atoms with E-state index in [9.17, 15) is 0 Å². The first-order chi connectivity index (χ1) is 5.34. The van der Waals surface area contributed by atoms with E-state index in [4.69, 9.17) is 0 Å². The summed E-state index contributed by atoms with van der Waals surface area (Å²) in [6.07, 6.45) is 2.77. The Bertz CT molecular complexity index is 197. The second kappa shape index (κ2) is 5.83. The van der Waals surface area contributed by atoms with Gasteiger partial charge in [0, 0.05) is 6.20 Å². The quantitative estimate of drug-likeness (QED) is 0.617. The third kappa shape index (κ3) is 3.12. The summed E-state index contributed by atoms with van der Waals surface area (Å²) in [6, 6.07) is 2.00. The fourth-order valence-corrected chi connectivity index (χ4v) is 0.802. The lowest BCUT2D eigenvalue weighted by molar-refractivity contribution is 0.932. The molecule has 1 aromatic heterocycles. The van der Waals surface area contributed by atoms with Gasteiger partial charge in [0.2, 0.25) is 0 Å². The average molecular weight is 152 g/mol. The van der Waals surface area contributed by atoms with Gasteiger partial charge in [-0.3, -0.25) is 0 Å². The molecular formula is C9H16N2. The molecule has 0 saturated carbocycles. The van der Waals surface area contributed by atoms with Crippen molar-refractivity contribution in [3.05, 3.63) is 23.5 Å². The molecule has 0 aliphatic heterocycles. The Morgan fingerprint density at radius 1 is 1.36 bits per heavy atom. The third-order valence-corrected chi connectivity index (χ3v) is 1.40. The largest absolute Gasteiger partial charge is 0.159 e. The average Bonchev–Trinajstić information content (AvgIpc) is 2.09. The van der Waals surface area contributed by atoms with Gasteiger partial charge in [0.1, 0.15) is 0 Å². The zero-order valence-electron chi connectivity index (χ0n) is 7.76. The molecule has 0 amide bonds. The van der Waals surface area contributed by atoms with Gasteiger partial charge in [-0.2, -0.15) is 10.2 Å². The lowest BCUT2D eigenvalue weighted by atomic mass is 10.2. The van der Waals surface area contributed by atoms with Crippen molar-refractivity contribution in [1.29, 1.82) is 0 Å². The molecule has 62 valence electrons. The zero-order chi connectivity index (χ0) is 8.69. The van der Waals surface area contributed by atoms with E-state index in [1.165, 1.54) is 5.56 Å². The molecule has 1 rings (SSSR count). The molecule has 0 spiro atoms. The summed E-state index contributed by atoms with van der Waals surface area (Å²) in [6.45, 7) is 8.09. The number of nitrogens with zero attached hydrogens (tertiary/aromatic N) is 2. The van der Waals surface area contributed by atoms with Crippen LogP contribution in [-0.4, -0.2) is 10.2 Å². The Hall–Kier alpha value is -0.920. The molecule has 0 fully saturated rings. The molecule has 0 unspecified atom stereocenters. The molecule has 0 aliphatic rings. The fourth-order valence-electron chi connectivity index (χ4n) is 0.802. The van der Waals surface area contributed by atoms with Crippen LogP contribution >= 0.6 is 0 Å². The van der Waals surface area contributed by atoms with E-state index in [2.05, 4.69) is 17.1 Å². The molecule has 0 radical (unpaired) electrons. The summed E-state index contributed by atoms with van der Waals surface area (Å²) in [5, 5.41) is 7.64. The number of aromatic nitrogens is 2. The van der Waals surface area contributed by atoms with Gasteiger partial charge in [-0.15, -0.1) is 0 Å². The summed E-state index contributed by atoms with van der Waals surface area (Å²) in [5.74, 6) is 0. The summed E-state index contributed by atoms with van der Waals surface area (Å²) in [5.41, 5.74) is 2.32. The number of aryl methyl sites for hydroxylation is 2. The van der Waals surface area contributed by atoms with Crippen molar-refractivity contribution < 1.29 is 0 Å².